The van der Waals surface area contributed by atoms with Crippen LogP contribution in [0.5, 0.6) is 0 Å². The molecule has 3 heterocycles. The fourth-order valence-electron chi connectivity index (χ4n) is 4.36. The van der Waals surface area contributed by atoms with Crippen molar-refractivity contribution in [1.82, 2.24) is 30.2 Å². The lowest BCUT2D eigenvalue weighted by Gasteiger charge is -2.42. The molecule has 0 bridgehead atoms. The van der Waals surface area contributed by atoms with E-state index in [0.717, 1.165) is 31.4 Å². The normalized spacial score (nSPS) is 27.6. The first-order chi connectivity index (χ1) is 13.4. The first-order valence-electron chi connectivity index (χ1n) is 9.97. The quantitative estimate of drug-likeness (QED) is 0.667. The van der Waals surface area contributed by atoms with Gasteiger partial charge in [-0.15, -0.1) is 0 Å². The van der Waals surface area contributed by atoms with Crippen LogP contribution in [0.25, 0.3) is 0 Å². The van der Waals surface area contributed by atoms with Gasteiger partial charge in [-0.3, -0.25) is 24.0 Å². The van der Waals surface area contributed by atoms with Crippen molar-refractivity contribution in [3.8, 4) is 0 Å². The van der Waals surface area contributed by atoms with E-state index in [2.05, 4.69) is 20.6 Å². The van der Waals surface area contributed by atoms with E-state index >= 15 is 0 Å². The van der Waals surface area contributed by atoms with Crippen LogP contribution in [0.4, 0.5) is 0 Å². The summed E-state index contributed by atoms with van der Waals surface area (Å²) in [5, 5.41) is 10.1. The number of carbonyl (C=O) groups is 3. The van der Waals surface area contributed by atoms with E-state index in [1.54, 1.807) is 4.68 Å². The van der Waals surface area contributed by atoms with Crippen molar-refractivity contribution in [1.29, 1.82) is 0 Å². The minimum absolute atomic E-state index is 0.00787. The zero-order chi connectivity index (χ0) is 19.8. The lowest BCUT2D eigenvalue weighted by molar-refractivity contribution is -0.144. The van der Waals surface area contributed by atoms with Crippen LogP contribution in [-0.2, 0) is 28.0 Å². The Labute approximate surface area is 164 Å². The van der Waals surface area contributed by atoms with Gasteiger partial charge >= 0.3 is 0 Å². The maximum absolute atomic E-state index is 13.2. The van der Waals surface area contributed by atoms with Crippen molar-refractivity contribution in [2.24, 2.45) is 13.0 Å². The van der Waals surface area contributed by atoms with Crippen LogP contribution in [0.15, 0.2) is 12.4 Å². The van der Waals surface area contributed by atoms with E-state index in [9.17, 15) is 14.4 Å². The number of piperazine rings is 1. The molecule has 9 heteroatoms. The highest BCUT2D eigenvalue weighted by atomic mass is 16.2. The van der Waals surface area contributed by atoms with Crippen molar-refractivity contribution in [2.75, 3.05) is 19.6 Å². The average molecular weight is 388 g/mol. The first kappa shape index (κ1) is 18.9. The minimum Gasteiger partial charge on any atom is -0.354 e. The van der Waals surface area contributed by atoms with Crippen LogP contribution >= 0.6 is 0 Å². The third-order valence-electron chi connectivity index (χ3n) is 5.84. The Morgan fingerprint density at radius 1 is 1.29 bits per heavy atom. The van der Waals surface area contributed by atoms with Crippen molar-refractivity contribution >= 4 is 17.7 Å². The SMILES string of the molecule is CC(=O)N[C@H]1C[C@H]2CN(Cc3cnn(C)c3)[C@@H](CNC(=O)C3CC3)C(=O)N2C1. The van der Waals surface area contributed by atoms with Crippen LogP contribution in [0, 0.1) is 5.92 Å². The molecule has 2 saturated heterocycles. The van der Waals surface area contributed by atoms with E-state index in [4.69, 9.17) is 0 Å². The van der Waals surface area contributed by atoms with Gasteiger partial charge in [0.25, 0.3) is 0 Å². The highest BCUT2D eigenvalue weighted by Gasteiger charge is 2.45. The number of rotatable bonds is 6. The summed E-state index contributed by atoms with van der Waals surface area (Å²) in [6.07, 6.45) is 6.40. The van der Waals surface area contributed by atoms with E-state index in [-0.39, 0.29) is 35.7 Å². The Hall–Kier alpha value is -2.42. The first-order valence-corrected chi connectivity index (χ1v) is 9.97. The molecule has 28 heavy (non-hydrogen) atoms. The highest BCUT2D eigenvalue weighted by molar-refractivity contribution is 5.86. The van der Waals surface area contributed by atoms with Gasteiger partial charge in [-0.2, -0.15) is 5.10 Å². The zero-order valence-corrected chi connectivity index (χ0v) is 16.4. The molecule has 0 unspecified atom stereocenters. The molecule has 0 radical (unpaired) electrons. The molecule has 4 rings (SSSR count). The third kappa shape index (κ3) is 4.04. The molecule has 1 saturated carbocycles. The van der Waals surface area contributed by atoms with Crippen LogP contribution in [-0.4, -0.2) is 75.1 Å². The summed E-state index contributed by atoms with van der Waals surface area (Å²) in [6, 6.07) is -0.321. The Morgan fingerprint density at radius 3 is 2.71 bits per heavy atom. The van der Waals surface area contributed by atoms with Gasteiger partial charge in [-0.1, -0.05) is 0 Å². The van der Waals surface area contributed by atoms with Gasteiger partial charge in [-0.05, 0) is 19.3 Å². The number of hydrogen-bond donors (Lipinski definition) is 2. The summed E-state index contributed by atoms with van der Waals surface area (Å²) >= 11 is 0. The average Bonchev–Trinajstić information content (AvgIpc) is 3.29. The second-order valence-electron chi connectivity index (χ2n) is 8.26. The molecule has 2 aliphatic heterocycles. The molecular formula is C19H28N6O3. The third-order valence-corrected chi connectivity index (χ3v) is 5.84. The molecule has 1 aromatic rings. The zero-order valence-electron chi connectivity index (χ0n) is 16.4. The molecule has 1 aromatic heterocycles. The molecule has 1 aliphatic carbocycles. The van der Waals surface area contributed by atoms with E-state index in [1.807, 2.05) is 24.3 Å². The number of aryl methyl sites for hydroxylation is 1. The molecule has 152 valence electrons. The Kier molecular flexibility index (Phi) is 5.09. The standard InChI is InChI=1S/C19H28N6O3/c1-12(26)22-15-5-16-11-24(9-13-6-21-23(2)8-13)17(19(28)25(16)10-15)7-20-18(27)14-3-4-14/h6,8,14-17H,3-5,7,9-11H2,1-2H3,(H,20,27)(H,22,26)/t15-,16-,17-/m0/s1. The molecule has 3 atom stereocenters. The van der Waals surface area contributed by atoms with Gasteiger partial charge in [0.2, 0.25) is 17.7 Å². The van der Waals surface area contributed by atoms with Crippen LogP contribution in [0.2, 0.25) is 0 Å². The lowest BCUT2D eigenvalue weighted by Crippen LogP contribution is -2.62. The molecule has 3 aliphatic rings. The molecule has 9 nitrogen and oxygen atoms in total. The van der Waals surface area contributed by atoms with Crippen molar-refractivity contribution in [2.45, 2.75) is 50.9 Å². The fraction of sp³-hybridized carbons (Fsp3) is 0.684. The van der Waals surface area contributed by atoms with Gasteiger partial charge in [0.15, 0.2) is 0 Å². The maximum Gasteiger partial charge on any atom is 0.242 e. The second-order valence-corrected chi connectivity index (χ2v) is 8.26. The summed E-state index contributed by atoms with van der Waals surface area (Å²) in [5.41, 5.74) is 1.04. The van der Waals surface area contributed by atoms with Crippen LogP contribution in [0.1, 0.15) is 31.7 Å². The van der Waals surface area contributed by atoms with Crippen LogP contribution in [0.3, 0.4) is 0 Å². The maximum atomic E-state index is 13.2. The number of hydrogen-bond acceptors (Lipinski definition) is 5. The van der Waals surface area contributed by atoms with E-state index in [0.29, 0.717) is 19.6 Å². The molecule has 3 fully saturated rings. The monoisotopic (exact) mass is 388 g/mol. The summed E-state index contributed by atoms with van der Waals surface area (Å²) < 4.78 is 1.75. The number of nitrogens with zero attached hydrogens (tertiary/aromatic N) is 4. The van der Waals surface area contributed by atoms with Crippen molar-refractivity contribution in [3.63, 3.8) is 0 Å². The molecule has 2 N–H and O–H groups in total. The number of nitrogens with one attached hydrogen (secondary N) is 2. The Morgan fingerprint density at radius 2 is 2.07 bits per heavy atom. The molecule has 0 spiro atoms. The molecular weight excluding hydrogens is 360 g/mol. The number of aromatic nitrogens is 2. The summed E-state index contributed by atoms with van der Waals surface area (Å²) in [6.45, 7) is 3.70. The molecule has 3 amide bonds. The Balaban J connectivity index is 1.48. The van der Waals surface area contributed by atoms with Gasteiger partial charge in [-0.25, -0.2) is 0 Å². The fourth-order valence-corrected chi connectivity index (χ4v) is 4.36. The highest BCUT2D eigenvalue weighted by Crippen LogP contribution is 2.30. The van der Waals surface area contributed by atoms with Gasteiger partial charge in [0, 0.05) is 69.9 Å². The van der Waals surface area contributed by atoms with Gasteiger partial charge in [0.1, 0.15) is 6.04 Å². The minimum atomic E-state index is -0.393. The van der Waals surface area contributed by atoms with E-state index < -0.39 is 6.04 Å². The smallest absolute Gasteiger partial charge is 0.242 e. The van der Waals surface area contributed by atoms with Gasteiger partial charge in [0.05, 0.1) is 6.20 Å². The topological polar surface area (TPSA) is 99.6 Å². The summed E-state index contributed by atoms with van der Waals surface area (Å²) in [7, 11) is 1.87. The number of amides is 3. The van der Waals surface area contributed by atoms with E-state index in [1.165, 1.54) is 6.92 Å². The molecule has 0 aromatic carbocycles. The predicted molar refractivity (Wildman–Crippen MR) is 101 cm³/mol. The number of carbonyl (C=O) groups excluding carboxylic acids is 3. The van der Waals surface area contributed by atoms with Crippen molar-refractivity contribution in [3.05, 3.63) is 18.0 Å². The number of fused-ring (bicyclic) bond motifs is 1. The Bertz CT molecular complexity index is 773. The largest absolute Gasteiger partial charge is 0.354 e. The second kappa shape index (κ2) is 7.54. The van der Waals surface area contributed by atoms with Crippen molar-refractivity contribution < 1.29 is 14.4 Å². The predicted octanol–water partition coefficient (Wildman–Crippen LogP) is -0.764. The van der Waals surface area contributed by atoms with Gasteiger partial charge < -0.3 is 15.5 Å². The summed E-state index contributed by atoms with van der Waals surface area (Å²) in [4.78, 5) is 40.8. The summed E-state index contributed by atoms with van der Waals surface area (Å²) in [5.74, 6) is 0.129. The lowest BCUT2D eigenvalue weighted by atomic mass is 10.0. The van der Waals surface area contributed by atoms with Crippen LogP contribution < -0.4 is 10.6 Å².